The Bertz CT molecular complexity index is 591. The molecule has 2 aromatic rings. The lowest BCUT2D eigenvalue weighted by atomic mass is 9.98. The number of rotatable bonds is 3. The van der Waals surface area contributed by atoms with E-state index < -0.39 is 5.97 Å². The smallest absolute Gasteiger partial charge is 0.307 e. The van der Waals surface area contributed by atoms with E-state index in [-0.39, 0.29) is 6.42 Å². The summed E-state index contributed by atoms with van der Waals surface area (Å²) in [5.41, 5.74) is 3.79. The summed E-state index contributed by atoms with van der Waals surface area (Å²) in [6, 6.07) is 13.3. The lowest BCUT2D eigenvalue weighted by molar-refractivity contribution is -0.136. The highest BCUT2D eigenvalue weighted by Gasteiger charge is 2.08. The Morgan fingerprint density at radius 3 is 2.56 bits per heavy atom. The average molecular weight is 261 g/mol. The first-order chi connectivity index (χ1) is 8.58. The fourth-order valence-electron chi connectivity index (χ4n) is 1.94. The summed E-state index contributed by atoms with van der Waals surface area (Å²) in [6.07, 6.45) is 0.00997. The number of aryl methyl sites for hydroxylation is 1. The molecule has 18 heavy (non-hydrogen) atoms. The molecule has 0 aliphatic rings. The molecule has 0 aliphatic carbocycles. The molecular formula is C15H13ClO2. The van der Waals surface area contributed by atoms with E-state index in [0.717, 1.165) is 22.3 Å². The summed E-state index contributed by atoms with van der Waals surface area (Å²) in [5.74, 6) is -0.840. The molecule has 0 unspecified atom stereocenters. The molecule has 2 aromatic carbocycles. The molecular weight excluding hydrogens is 248 g/mol. The number of hydrogen-bond donors (Lipinski definition) is 1. The van der Waals surface area contributed by atoms with Gasteiger partial charge in [0.15, 0.2) is 0 Å². The van der Waals surface area contributed by atoms with Gasteiger partial charge in [-0.1, -0.05) is 41.9 Å². The van der Waals surface area contributed by atoms with Crippen molar-refractivity contribution in [3.8, 4) is 11.1 Å². The van der Waals surface area contributed by atoms with Crippen LogP contribution in [-0.2, 0) is 11.2 Å². The van der Waals surface area contributed by atoms with Crippen molar-refractivity contribution in [3.05, 3.63) is 58.6 Å². The highest BCUT2D eigenvalue weighted by molar-refractivity contribution is 6.33. The average Bonchev–Trinajstić information content (AvgIpc) is 2.32. The summed E-state index contributed by atoms with van der Waals surface area (Å²) in [5, 5.41) is 9.46. The molecule has 3 heteroatoms. The zero-order valence-electron chi connectivity index (χ0n) is 9.98. The molecule has 0 saturated heterocycles. The van der Waals surface area contributed by atoms with Gasteiger partial charge in [0.25, 0.3) is 0 Å². The largest absolute Gasteiger partial charge is 0.481 e. The number of hydrogen-bond acceptors (Lipinski definition) is 1. The SMILES string of the molecule is Cc1ccccc1-c1cc(CC(=O)O)ccc1Cl. The molecule has 0 aromatic heterocycles. The van der Waals surface area contributed by atoms with E-state index in [2.05, 4.69) is 0 Å². The second kappa shape index (κ2) is 5.23. The van der Waals surface area contributed by atoms with Crippen LogP contribution in [0.4, 0.5) is 0 Å². The fourth-order valence-corrected chi connectivity index (χ4v) is 2.16. The first-order valence-electron chi connectivity index (χ1n) is 5.64. The molecule has 0 bridgehead atoms. The standard InChI is InChI=1S/C15H13ClO2/c1-10-4-2-3-5-12(10)13-8-11(9-15(17)18)6-7-14(13)16/h2-8H,9H2,1H3,(H,17,18). The number of halogens is 1. The third-order valence-corrected chi connectivity index (χ3v) is 3.15. The van der Waals surface area contributed by atoms with E-state index in [1.807, 2.05) is 37.3 Å². The minimum absolute atomic E-state index is 0.00997. The van der Waals surface area contributed by atoms with E-state index >= 15 is 0 Å². The zero-order valence-corrected chi connectivity index (χ0v) is 10.7. The summed E-state index contributed by atoms with van der Waals surface area (Å²) < 4.78 is 0. The summed E-state index contributed by atoms with van der Waals surface area (Å²) in [4.78, 5) is 10.7. The van der Waals surface area contributed by atoms with Crippen molar-refractivity contribution in [2.45, 2.75) is 13.3 Å². The molecule has 0 aliphatic heterocycles. The van der Waals surface area contributed by atoms with Gasteiger partial charge in [-0.25, -0.2) is 0 Å². The number of carbonyl (C=O) groups is 1. The third-order valence-electron chi connectivity index (χ3n) is 2.82. The molecule has 0 fully saturated rings. The second-order valence-electron chi connectivity index (χ2n) is 4.20. The van der Waals surface area contributed by atoms with Crippen molar-refractivity contribution < 1.29 is 9.90 Å². The Labute approximate surface area is 111 Å². The highest BCUT2D eigenvalue weighted by Crippen LogP contribution is 2.31. The summed E-state index contributed by atoms with van der Waals surface area (Å²) in [6.45, 7) is 2.01. The van der Waals surface area contributed by atoms with Gasteiger partial charge < -0.3 is 5.11 Å². The van der Waals surface area contributed by atoms with Crippen LogP contribution >= 0.6 is 11.6 Å². The van der Waals surface area contributed by atoms with Crippen molar-refractivity contribution in [1.82, 2.24) is 0 Å². The number of carboxylic acids is 1. The van der Waals surface area contributed by atoms with Gasteiger partial charge in [-0.2, -0.15) is 0 Å². The van der Waals surface area contributed by atoms with Gasteiger partial charge in [-0.15, -0.1) is 0 Å². The minimum Gasteiger partial charge on any atom is -0.481 e. The number of benzene rings is 2. The second-order valence-corrected chi connectivity index (χ2v) is 4.61. The van der Waals surface area contributed by atoms with Crippen LogP contribution < -0.4 is 0 Å². The maximum atomic E-state index is 10.7. The Hall–Kier alpha value is -1.80. The lowest BCUT2D eigenvalue weighted by Gasteiger charge is -2.09. The molecule has 0 atom stereocenters. The Balaban J connectivity index is 2.50. The molecule has 2 nitrogen and oxygen atoms in total. The van der Waals surface area contributed by atoms with Crippen LogP contribution in [0.1, 0.15) is 11.1 Å². The molecule has 0 spiro atoms. The van der Waals surface area contributed by atoms with E-state index in [4.69, 9.17) is 16.7 Å². The Morgan fingerprint density at radius 1 is 1.17 bits per heavy atom. The third kappa shape index (κ3) is 2.71. The van der Waals surface area contributed by atoms with Crippen LogP contribution in [0.25, 0.3) is 11.1 Å². The highest BCUT2D eigenvalue weighted by atomic mass is 35.5. The minimum atomic E-state index is -0.840. The molecule has 0 amide bonds. The van der Waals surface area contributed by atoms with Crippen LogP contribution in [-0.4, -0.2) is 11.1 Å². The maximum Gasteiger partial charge on any atom is 0.307 e. The van der Waals surface area contributed by atoms with Gasteiger partial charge in [0.05, 0.1) is 6.42 Å². The van der Waals surface area contributed by atoms with Crippen molar-refractivity contribution >= 4 is 17.6 Å². The van der Waals surface area contributed by atoms with Crippen molar-refractivity contribution in [1.29, 1.82) is 0 Å². The Kier molecular flexibility index (Phi) is 3.68. The van der Waals surface area contributed by atoms with E-state index in [9.17, 15) is 4.79 Å². The van der Waals surface area contributed by atoms with Crippen LogP contribution in [0, 0.1) is 6.92 Å². The molecule has 1 N–H and O–H groups in total. The van der Waals surface area contributed by atoms with E-state index in [1.165, 1.54) is 0 Å². The maximum absolute atomic E-state index is 10.7. The molecule has 92 valence electrons. The first-order valence-corrected chi connectivity index (χ1v) is 6.02. The fraction of sp³-hybridized carbons (Fsp3) is 0.133. The summed E-state index contributed by atoms with van der Waals surface area (Å²) >= 11 is 6.19. The van der Waals surface area contributed by atoms with Crippen molar-refractivity contribution in [3.63, 3.8) is 0 Å². The predicted molar refractivity (Wildman–Crippen MR) is 73.0 cm³/mol. The molecule has 0 heterocycles. The van der Waals surface area contributed by atoms with Gasteiger partial charge >= 0.3 is 5.97 Å². The van der Waals surface area contributed by atoms with Gasteiger partial charge in [0.2, 0.25) is 0 Å². The van der Waals surface area contributed by atoms with Gasteiger partial charge in [-0.05, 0) is 35.7 Å². The predicted octanol–water partition coefficient (Wildman–Crippen LogP) is 3.94. The van der Waals surface area contributed by atoms with Crippen LogP contribution in [0.3, 0.4) is 0 Å². The quantitative estimate of drug-likeness (QED) is 0.908. The number of aliphatic carboxylic acids is 1. The first kappa shape index (κ1) is 12.7. The summed E-state index contributed by atoms with van der Waals surface area (Å²) in [7, 11) is 0. The topological polar surface area (TPSA) is 37.3 Å². The monoisotopic (exact) mass is 260 g/mol. The molecule has 0 radical (unpaired) electrons. The van der Waals surface area contributed by atoms with Crippen LogP contribution in [0.5, 0.6) is 0 Å². The van der Waals surface area contributed by atoms with E-state index in [0.29, 0.717) is 5.02 Å². The van der Waals surface area contributed by atoms with Crippen LogP contribution in [0.2, 0.25) is 5.02 Å². The van der Waals surface area contributed by atoms with Crippen LogP contribution in [0.15, 0.2) is 42.5 Å². The van der Waals surface area contributed by atoms with E-state index in [1.54, 1.807) is 12.1 Å². The van der Waals surface area contributed by atoms with Gasteiger partial charge in [-0.3, -0.25) is 4.79 Å². The molecule has 0 saturated carbocycles. The lowest BCUT2D eigenvalue weighted by Crippen LogP contribution is -2.00. The van der Waals surface area contributed by atoms with Gasteiger partial charge in [0.1, 0.15) is 0 Å². The van der Waals surface area contributed by atoms with Crippen molar-refractivity contribution in [2.75, 3.05) is 0 Å². The number of carboxylic acid groups (broad SMARTS) is 1. The van der Waals surface area contributed by atoms with Gasteiger partial charge in [0, 0.05) is 10.6 Å². The van der Waals surface area contributed by atoms with Crippen molar-refractivity contribution in [2.24, 2.45) is 0 Å². The molecule has 2 rings (SSSR count). The zero-order chi connectivity index (χ0) is 13.1. The normalized spacial score (nSPS) is 10.3. The Morgan fingerprint density at radius 2 is 1.89 bits per heavy atom.